The molecule has 0 radical (unpaired) electrons. The Morgan fingerprint density at radius 3 is 2.05 bits per heavy atom. The second-order valence-corrected chi connectivity index (χ2v) is 9.93. The van der Waals surface area contributed by atoms with Crippen molar-refractivity contribution in [2.24, 2.45) is 5.92 Å². The minimum Gasteiger partial charge on any atom is -0.480 e. The molecule has 0 aromatic heterocycles. The molecule has 9 heteroatoms. The summed E-state index contributed by atoms with van der Waals surface area (Å²) < 4.78 is 5.53. The van der Waals surface area contributed by atoms with Gasteiger partial charge >= 0.3 is 18.0 Å². The Labute approximate surface area is 234 Å². The summed E-state index contributed by atoms with van der Waals surface area (Å²) in [5, 5.41) is 15.0. The number of esters is 1. The summed E-state index contributed by atoms with van der Waals surface area (Å²) in [4.78, 5) is 51.2. The molecule has 0 saturated heterocycles. The monoisotopic (exact) mass is 545 g/mol. The van der Waals surface area contributed by atoms with E-state index in [1.54, 1.807) is 18.2 Å². The molecule has 0 bridgehead atoms. The molecule has 0 aliphatic rings. The number of amides is 3. The number of nitrogens with one attached hydrogen (secondary N) is 2. The smallest absolute Gasteiger partial charge is 0.334 e. The van der Waals surface area contributed by atoms with Crippen molar-refractivity contribution >= 4 is 29.6 Å². The highest BCUT2D eigenvalue weighted by Gasteiger charge is 2.31. The summed E-state index contributed by atoms with van der Waals surface area (Å²) in [7, 11) is 0. The third-order valence-corrected chi connectivity index (χ3v) is 6.14. The number of hydrogen-bond acceptors (Lipinski definition) is 5. The third kappa shape index (κ3) is 8.42. The lowest BCUT2D eigenvalue weighted by molar-refractivity contribution is -0.139. The van der Waals surface area contributed by atoms with Crippen molar-refractivity contribution in [2.45, 2.75) is 46.2 Å². The van der Waals surface area contributed by atoms with E-state index < -0.39 is 30.1 Å². The van der Waals surface area contributed by atoms with E-state index in [1.807, 2.05) is 68.4 Å². The van der Waals surface area contributed by atoms with Crippen LogP contribution in [0.25, 0.3) is 11.1 Å². The van der Waals surface area contributed by atoms with Crippen molar-refractivity contribution < 1.29 is 29.0 Å². The lowest BCUT2D eigenvalue weighted by Gasteiger charge is -2.30. The Morgan fingerprint density at radius 1 is 0.850 bits per heavy atom. The van der Waals surface area contributed by atoms with Crippen molar-refractivity contribution in [1.82, 2.24) is 10.2 Å². The number of anilines is 1. The Morgan fingerprint density at radius 2 is 1.45 bits per heavy atom. The Bertz CT molecular complexity index is 1320. The molecule has 0 saturated carbocycles. The van der Waals surface area contributed by atoms with E-state index in [9.17, 15) is 24.3 Å². The molecule has 3 N–H and O–H groups in total. The van der Waals surface area contributed by atoms with E-state index in [-0.39, 0.29) is 30.5 Å². The van der Waals surface area contributed by atoms with Crippen LogP contribution in [0, 0.1) is 5.92 Å². The number of rotatable bonds is 11. The van der Waals surface area contributed by atoms with E-state index in [4.69, 9.17) is 4.74 Å². The van der Waals surface area contributed by atoms with Gasteiger partial charge in [0.1, 0.15) is 12.1 Å². The first-order chi connectivity index (χ1) is 19.0. The highest BCUT2D eigenvalue weighted by atomic mass is 16.5. The maximum atomic E-state index is 13.3. The maximum Gasteiger partial charge on any atom is 0.334 e. The molecule has 3 amide bonds. The molecule has 9 nitrogen and oxygen atoms in total. The second kappa shape index (κ2) is 13.9. The molecule has 3 aromatic carbocycles. The largest absolute Gasteiger partial charge is 0.480 e. The topological polar surface area (TPSA) is 125 Å². The van der Waals surface area contributed by atoms with Gasteiger partial charge < -0.3 is 25.4 Å². The van der Waals surface area contributed by atoms with Crippen molar-refractivity contribution in [3.63, 3.8) is 0 Å². The predicted octanol–water partition coefficient (Wildman–Crippen LogP) is 4.97. The summed E-state index contributed by atoms with van der Waals surface area (Å²) in [6.45, 7) is 6.81. The zero-order chi connectivity index (χ0) is 29.2. The fraction of sp³-hybridized carbons (Fsp3) is 0.290. The average molecular weight is 546 g/mol. The standard InChI is InChI=1S/C31H35N3O6/c1-20(2)19-34(21(3)30(38)40-28-13-9-8-12-26(28)32-22(4)35)31(39)33-27(29(36)37)18-23-14-16-25(17-15-23)24-10-6-5-7-11-24/h5-17,20-21,27H,18-19H2,1-4H3,(H,32,35)(H,33,39)(H,36,37)/t21?,27-/m0/s1. The lowest BCUT2D eigenvalue weighted by Crippen LogP contribution is -2.54. The van der Waals surface area contributed by atoms with Gasteiger partial charge in [-0.3, -0.25) is 4.79 Å². The molecule has 2 atom stereocenters. The van der Waals surface area contributed by atoms with Gasteiger partial charge in [0.15, 0.2) is 5.75 Å². The van der Waals surface area contributed by atoms with Gasteiger partial charge in [-0.2, -0.15) is 0 Å². The van der Waals surface area contributed by atoms with Gasteiger partial charge in [-0.15, -0.1) is 0 Å². The number of benzene rings is 3. The zero-order valence-electron chi connectivity index (χ0n) is 23.1. The SMILES string of the molecule is CC(=O)Nc1ccccc1OC(=O)C(C)N(CC(C)C)C(=O)N[C@@H](Cc1ccc(-c2ccccc2)cc1)C(=O)O. The first kappa shape index (κ1) is 29.9. The van der Waals surface area contributed by atoms with Gasteiger partial charge in [-0.1, -0.05) is 80.6 Å². The highest BCUT2D eigenvalue weighted by Crippen LogP contribution is 2.25. The maximum absolute atomic E-state index is 13.3. The van der Waals surface area contributed by atoms with Crippen LogP contribution in [0.2, 0.25) is 0 Å². The van der Waals surface area contributed by atoms with E-state index in [0.717, 1.165) is 16.7 Å². The van der Waals surface area contributed by atoms with Gasteiger partial charge in [0, 0.05) is 19.9 Å². The van der Waals surface area contributed by atoms with Crippen LogP contribution >= 0.6 is 0 Å². The number of carbonyl (C=O) groups is 4. The Hall–Kier alpha value is -4.66. The predicted molar refractivity (Wildman–Crippen MR) is 153 cm³/mol. The van der Waals surface area contributed by atoms with Crippen molar-refractivity contribution in [3.05, 3.63) is 84.4 Å². The van der Waals surface area contributed by atoms with Crippen LogP contribution in [-0.2, 0) is 20.8 Å². The molecular formula is C31H35N3O6. The zero-order valence-corrected chi connectivity index (χ0v) is 23.1. The molecule has 3 aromatic rings. The number of nitrogens with zero attached hydrogens (tertiary/aromatic N) is 1. The third-order valence-electron chi connectivity index (χ3n) is 6.14. The summed E-state index contributed by atoms with van der Waals surface area (Å²) in [6, 6.07) is 20.8. The first-order valence-electron chi connectivity index (χ1n) is 13.1. The van der Waals surface area contributed by atoms with Gasteiger partial charge in [-0.25, -0.2) is 14.4 Å². The summed E-state index contributed by atoms with van der Waals surface area (Å²) >= 11 is 0. The van der Waals surface area contributed by atoms with E-state index in [2.05, 4.69) is 10.6 Å². The Balaban J connectivity index is 1.73. The Kier molecular flexibility index (Phi) is 10.4. The van der Waals surface area contributed by atoms with Crippen LogP contribution in [-0.4, -0.2) is 52.5 Å². The fourth-order valence-corrected chi connectivity index (χ4v) is 4.11. The summed E-state index contributed by atoms with van der Waals surface area (Å²) in [6.07, 6.45) is 0.0641. The molecule has 210 valence electrons. The average Bonchev–Trinajstić information content (AvgIpc) is 2.92. The fourth-order valence-electron chi connectivity index (χ4n) is 4.11. The van der Waals surface area contributed by atoms with Crippen LogP contribution in [0.1, 0.15) is 33.3 Å². The van der Waals surface area contributed by atoms with Crippen LogP contribution < -0.4 is 15.4 Å². The lowest BCUT2D eigenvalue weighted by atomic mass is 10.0. The second-order valence-electron chi connectivity index (χ2n) is 9.93. The van der Waals surface area contributed by atoms with Crippen LogP contribution in [0.15, 0.2) is 78.9 Å². The molecule has 1 unspecified atom stereocenters. The molecule has 0 heterocycles. The number of hydrogen-bond donors (Lipinski definition) is 3. The number of carbonyl (C=O) groups excluding carboxylic acids is 3. The summed E-state index contributed by atoms with van der Waals surface area (Å²) in [5.74, 6) is -2.11. The molecule has 3 rings (SSSR count). The molecule has 40 heavy (non-hydrogen) atoms. The summed E-state index contributed by atoms with van der Waals surface area (Å²) in [5.41, 5.74) is 3.10. The first-order valence-corrected chi connectivity index (χ1v) is 13.1. The number of ether oxygens (including phenoxy) is 1. The highest BCUT2D eigenvalue weighted by molar-refractivity contribution is 5.92. The van der Waals surface area contributed by atoms with Crippen LogP contribution in [0.4, 0.5) is 10.5 Å². The molecular weight excluding hydrogens is 510 g/mol. The van der Waals surface area contributed by atoms with Crippen molar-refractivity contribution in [3.8, 4) is 16.9 Å². The quantitative estimate of drug-likeness (QED) is 0.231. The molecule has 0 fully saturated rings. The van der Waals surface area contributed by atoms with Gasteiger partial charge in [0.05, 0.1) is 5.69 Å². The van der Waals surface area contributed by atoms with Crippen LogP contribution in [0.3, 0.4) is 0 Å². The number of carboxylic acid groups (broad SMARTS) is 1. The minimum absolute atomic E-state index is 0.0125. The number of para-hydroxylation sites is 2. The molecule has 0 spiro atoms. The van der Waals surface area contributed by atoms with E-state index in [0.29, 0.717) is 5.69 Å². The minimum atomic E-state index is -1.21. The van der Waals surface area contributed by atoms with E-state index in [1.165, 1.54) is 24.8 Å². The van der Waals surface area contributed by atoms with Gasteiger partial charge in [0.2, 0.25) is 5.91 Å². The molecule has 0 aliphatic carbocycles. The van der Waals surface area contributed by atoms with Gasteiger partial charge in [0.25, 0.3) is 0 Å². The number of carboxylic acids is 1. The van der Waals surface area contributed by atoms with Crippen molar-refractivity contribution in [1.29, 1.82) is 0 Å². The van der Waals surface area contributed by atoms with Gasteiger partial charge in [-0.05, 0) is 41.7 Å². The van der Waals surface area contributed by atoms with E-state index >= 15 is 0 Å². The number of urea groups is 1. The normalized spacial score (nSPS) is 12.2. The molecule has 0 aliphatic heterocycles. The van der Waals surface area contributed by atoms with Crippen LogP contribution in [0.5, 0.6) is 5.75 Å². The van der Waals surface area contributed by atoms with Crippen molar-refractivity contribution in [2.75, 3.05) is 11.9 Å². The number of aliphatic carboxylic acids is 1.